The number of nitro groups is 1. The highest BCUT2D eigenvalue weighted by atomic mass is 35.5. The number of carbonyl (C=O) groups is 1. The summed E-state index contributed by atoms with van der Waals surface area (Å²) >= 11 is 5.84. The maximum atomic E-state index is 12.2. The molecular weight excluding hydrogens is 362 g/mol. The number of amides is 1. The Labute approximate surface area is 141 Å². The molecule has 128 valence electrons. The van der Waals surface area contributed by atoms with Crippen LogP contribution in [-0.2, 0) is 10.0 Å². The van der Waals surface area contributed by atoms with Crippen LogP contribution in [0.5, 0.6) is 0 Å². The second kappa shape index (κ2) is 6.59. The van der Waals surface area contributed by atoms with Crippen molar-refractivity contribution >= 4 is 33.2 Å². The van der Waals surface area contributed by atoms with Crippen molar-refractivity contribution in [3.8, 4) is 0 Å². The van der Waals surface area contributed by atoms with Crippen molar-refractivity contribution in [2.45, 2.75) is 18.7 Å². The minimum atomic E-state index is -4.26. The molecule has 0 radical (unpaired) electrons. The second-order valence-corrected chi connectivity index (χ2v) is 6.85. The third-order valence-corrected chi connectivity index (χ3v) is 4.82. The molecule has 0 bridgehead atoms. The summed E-state index contributed by atoms with van der Waals surface area (Å²) < 4.78 is 29.3. The molecule has 2 aromatic rings. The Morgan fingerprint density at radius 3 is 2.54 bits per heavy atom. The van der Waals surface area contributed by atoms with E-state index in [-0.39, 0.29) is 16.1 Å². The van der Waals surface area contributed by atoms with Crippen LogP contribution in [-0.4, -0.2) is 19.2 Å². The first-order chi connectivity index (χ1) is 11.1. The molecule has 1 heterocycles. The fraction of sp³-hybridized carbons (Fsp3) is 0.154. The van der Waals surface area contributed by atoms with Crippen LogP contribution in [0, 0.1) is 24.0 Å². The van der Waals surface area contributed by atoms with Gasteiger partial charge in [-0.15, -0.1) is 4.83 Å². The van der Waals surface area contributed by atoms with Crippen molar-refractivity contribution in [2.75, 3.05) is 0 Å². The lowest BCUT2D eigenvalue weighted by molar-refractivity contribution is -0.385. The van der Waals surface area contributed by atoms with Crippen molar-refractivity contribution in [3.05, 3.63) is 56.5 Å². The van der Waals surface area contributed by atoms with Crippen molar-refractivity contribution in [1.82, 2.24) is 10.3 Å². The van der Waals surface area contributed by atoms with Crippen molar-refractivity contribution in [3.63, 3.8) is 0 Å². The van der Waals surface area contributed by atoms with Crippen molar-refractivity contribution < 1.29 is 22.6 Å². The molecule has 0 aliphatic rings. The van der Waals surface area contributed by atoms with E-state index >= 15 is 0 Å². The predicted molar refractivity (Wildman–Crippen MR) is 84.1 cm³/mol. The summed E-state index contributed by atoms with van der Waals surface area (Å²) in [5, 5.41) is 10.9. The smallest absolute Gasteiger partial charge is 0.275 e. The molecule has 0 aliphatic carbocycles. The van der Waals surface area contributed by atoms with Gasteiger partial charge in [-0.05, 0) is 26.0 Å². The molecule has 1 aromatic heterocycles. The van der Waals surface area contributed by atoms with Gasteiger partial charge in [0.15, 0.2) is 0 Å². The lowest BCUT2D eigenvalue weighted by Crippen LogP contribution is -2.41. The molecule has 2 N–H and O–H groups in total. The zero-order chi connectivity index (χ0) is 18.1. The number of rotatable bonds is 5. The molecule has 11 heteroatoms. The third-order valence-electron chi connectivity index (χ3n) is 3.20. The summed E-state index contributed by atoms with van der Waals surface area (Å²) in [7, 11) is -4.26. The minimum Gasteiger partial charge on any atom is -0.469 e. The van der Waals surface area contributed by atoms with Gasteiger partial charge < -0.3 is 4.42 Å². The summed E-state index contributed by atoms with van der Waals surface area (Å²) in [6.45, 7) is 2.93. The SMILES string of the molecule is Cc1occc1C(=O)NNS(=O)(=O)c1cc(Cl)c(C)c([N+](=O)[O-])c1. The monoisotopic (exact) mass is 373 g/mol. The lowest BCUT2D eigenvalue weighted by atomic mass is 10.2. The van der Waals surface area contributed by atoms with Gasteiger partial charge in [-0.2, -0.15) is 0 Å². The largest absolute Gasteiger partial charge is 0.469 e. The van der Waals surface area contributed by atoms with E-state index in [1.165, 1.54) is 26.2 Å². The van der Waals surface area contributed by atoms with Crippen LogP contribution in [0.4, 0.5) is 5.69 Å². The maximum Gasteiger partial charge on any atom is 0.275 e. The Kier molecular flexibility index (Phi) is 4.92. The lowest BCUT2D eigenvalue weighted by Gasteiger charge is -2.09. The maximum absolute atomic E-state index is 12.2. The van der Waals surface area contributed by atoms with E-state index in [1.807, 2.05) is 10.3 Å². The Bertz CT molecular complexity index is 922. The predicted octanol–water partition coefficient (Wildman–Crippen LogP) is 2.08. The van der Waals surface area contributed by atoms with Gasteiger partial charge in [-0.25, -0.2) is 8.42 Å². The molecule has 24 heavy (non-hydrogen) atoms. The molecule has 0 unspecified atom stereocenters. The average Bonchev–Trinajstić information content (AvgIpc) is 2.93. The van der Waals surface area contributed by atoms with Crippen LogP contribution in [0.15, 0.2) is 33.8 Å². The first-order valence-electron chi connectivity index (χ1n) is 6.44. The van der Waals surface area contributed by atoms with Crippen LogP contribution in [0.25, 0.3) is 0 Å². The number of aryl methyl sites for hydroxylation is 1. The Morgan fingerprint density at radius 1 is 1.33 bits per heavy atom. The van der Waals surface area contributed by atoms with Gasteiger partial charge in [-0.3, -0.25) is 20.3 Å². The number of halogens is 1. The molecule has 0 saturated heterocycles. The highest BCUT2D eigenvalue weighted by Crippen LogP contribution is 2.29. The fourth-order valence-electron chi connectivity index (χ4n) is 1.85. The van der Waals surface area contributed by atoms with E-state index in [0.717, 1.165) is 12.1 Å². The van der Waals surface area contributed by atoms with Gasteiger partial charge in [0.25, 0.3) is 21.6 Å². The number of hydrogen-bond donors (Lipinski definition) is 2. The molecule has 0 atom stereocenters. The summed E-state index contributed by atoms with van der Waals surface area (Å²) in [5.41, 5.74) is 1.83. The average molecular weight is 374 g/mol. The quantitative estimate of drug-likeness (QED) is 0.609. The van der Waals surface area contributed by atoms with Gasteiger partial charge in [0.2, 0.25) is 0 Å². The summed E-state index contributed by atoms with van der Waals surface area (Å²) in [6.07, 6.45) is 1.28. The zero-order valence-electron chi connectivity index (χ0n) is 12.5. The highest BCUT2D eigenvalue weighted by molar-refractivity contribution is 7.89. The Morgan fingerprint density at radius 2 is 2.00 bits per heavy atom. The standard InChI is InChI=1S/C13H12ClN3O6S/c1-7-11(14)5-9(6-12(7)17(19)20)24(21,22)16-15-13(18)10-3-4-23-8(10)2/h3-6,16H,1-2H3,(H,15,18). The molecule has 0 saturated carbocycles. The number of nitrogens with zero attached hydrogens (tertiary/aromatic N) is 1. The van der Waals surface area contributed by atoms with E-state index in [1.54, 1.807) is 0 Å². The number of nitro benzene ring substituents is 1. The normalized spacial score (nSPS) is 11.3. The van der Waals surface area contributed by atoms with Crippen molar-refractivity contribution in [1.29, 1.82) is 0 Å². The molecule has 2 rings (SSSR count). The van der Waals surface area contributed by atoms with E-state index in [4.69, 9.17) is 16.0 Å². The van der Waals surface area contributed by atoms with Gasteiger partial charge in [0.1, 0.15) is 5.76 Å². The number of sulfonamides is 1. The second-order valence-electron chi connectivity index (χ2n) is 4.76. The number of hydrazine groups is 1. The molecule has 1 amide bonds. The first kappa shape index (κ1) is 17.9. The number of nitrogens with one attached hydrogen (secondary N) is 2. The summed E-state index contributed by atoms with van der Waals surface area (Å²) in [4.78, 5) is 23.5. The Balaban J connectivity index is 2.26. The molecule has 0 fully saturated rings. The topological polar surface area (TPSA) is 132 Å². The molecular formula is C13H12ClN3O6S. The van der Waals surface area contributed by atoms with Gasteiger partial charge in [0, 0.05) is 11.6 Å². The van der Waals surface area contributed by atoms with E-state index in [9.17, 15) is 23.3 Å². The van der Waals surface area contributed by atoms with Gasteiger partial charge in [-0.1, -0.05) is 11.6 Å². The van der Waals surface area contributed by atoms with E-state index in [2.05, 4.69) is 0 Å². The molecule has 1 aromatic carbocycles. The fourth-order valence-corrected chi connectivity index (χ4v) is 3.01. The van der Waals surface area contributed by atoms with Gasteiger partial charge >= 0.3 is 0 Å². The van der Waals surface area contributed by atoms with Crippen LogP contribution in [0.3, 0.4) is 0 Å². The molecule has 0 spiro atoms. The number of furan rings is 1. The Hall–Kier alpha value is -2.43. The van der Waals surface area contributed by atoms with Crippen molar-refractivity contribution in [2.24, 2.45) is 0 Å². The van der Waals surface area contributed by atoms with E-state index < -0.39 is 31.4 Å². The number of benzene rings is 1. The van der Waals surface area contributed by atoms with E-state index in [0.29, 0.717) is 5.76 Å². The highest BCUT2D eigenvalue weighted by Gasteiger charge is 2.23. The molecule has 9 nitrogen and oxygen atoms in total. The minimum absolute atomic E-state index is 0.0819. The first-order valence-corrected chi connectivity index (χ1v) is 8.30. The summed E-state index contributed by atoms with van der Waals surface area (Å²) in [6, 6.07) is 3.28. The van der Waals surface area contributed by atoms with Crippen LogP contribution in [0.2, 0.25) is 5.02 Å². The third kappa shape index (κ3) is 3.55. The van der Waals surface area contributed by atoms with Gasteiger partial charge in [0.05, 0.1) is 26.7 Å². The summed E-state index contributed by atoms with van der Waals surface area (Å²) in [5.74, 6) is -0.432. The molecule has 0 aliphatic heterocycles. The van der Waals surface area contributed by atoms with Crippen LogP contribution in [0.1, 0.15) is 21.7 Å². The van der Waals surface area contributed by atoms with Crippen LogP contribution >= 0.6 is 11.6 Å². The number of carbonyl (C=O) groups excluding carboxylic acids is 1. The zero-order valence-corrected chi connectivity index (χ0v) is 14.1. The number of hydrogen-bond acceptors (Lipinski definition) is 6. The van der Waals surface area contributed by atoms with Crippen LogP contribution < -0.4 is 10.3 Å².